The SMILES string of the molecule is CC(C)(C)OC(=O)c1ccnc(NN)c1C(=O)OC(C)(C)C. The number of anilines is 1. The van der Waals surface area contributed by atoms with Gasteiger partial charge in [0.15, 0.2) is 5.82 Å². The third-order valence-corrected chi connectivity index (χ3v) is 2.31. The highest BCUT2D eigenvalue weighted by Gasteiger charge is 2.29. The molecule has 0 unspecified atom stereocenters. The molecule has 0 saturated heterocycles. The predicted molar refractivity (Wildman–Crippen MR) is 82.4 cm³/mol. The Morgan fingerprint density at radius 1 is 1.05 bits per heavy atom. The third-order valence-electron chi connectivity index (χ3n) is 2.31. The van der Waals surface area contributed by atoms with Crippen molar-refractivity contribution in [2.24, 2.45) is 5.84 Å². The minimum absolute atomic E-state index is 0.0471. The summed E-state index contributed by atoms with van der Waals surface area (Å²) in [4.78, 5) is 28.6. The van der Waals surface area contributed by atoms with Crippen molar-refractivity contribution >= 4 is 17.8 Å². The molecule has 0 amide bonds. The van der Waals surface area contributed by atoms with Crippen molar-refractivity contribution in [3.05, 3.63) is 23.4 Å². The van der Waals surface area contributed by atoms with E-state index < -0.39 is 23.1 Å². The van der Waals surface area contributed by atoms with E-state index in [1.165, 1.54) is 12.3 Å². The number of rotatable bonds is 3. The molecule has 3 N–H and O–H groups in total. The lowest BCUT2D eigenvalue weighted by molar-refractivity contribution is 0.00190. The first-order valence-corrected chi connectivity index (χ1v) is 6.87. The highest BCUT2D eigenvalue weighted by atomic mass is 16.6. The third kappa shape index (κ3) is 5.00. The molecule has 0 aromatic carbocycles. The maximum Gasteiger partial charge on any atom is 0.343 e. The maximum atomic E-state index is 12.4. The molecule has 122 valence electrons. The molecule has 0 bridgehead atoms. The van der Waals surface area contributed by atoms with Crippen molar-refractivity contribution in [1.82, 2.24) is 4.98 Å². The van der Waals surface area contributed by atoms with Crippen molar-refractivity contribution in [3.8, 4) is 0 Å². The molecular formula is C15H23N3O4. The molecule has 0 aliphatic heterocycles. The van der Waals surface area contributed by atoms with Crippen molar-refractivity contribution in [2.45, 2.75) is 52.7 Å². The molecule has 0 atom stereocenters. The summed E-state index contributed by atoms with van der Waals surface area (Å²) < 4.78 is 10.6. The molecule has 0 spiro atoms. The molecule has 0 aliphatic rings. The summed E-state index contributed by atoms with van der Waals surface area (Å²) in [6, 6.07) is 1.40. The van der Waals surface area contributed by atoms with Gasteiger partial charge in [-0.3, -0.25) is 0 Å². The summed E-state index contributed by atoms with van der Waals surface area (Å²) in [5.74, 6) is 4.08. The van der Waals surface area contributed by atoms with Crippen LogP contribution < -0.4 is 11.3 Å². The molecule has 1 heterocycles. The van der Waals surface area contributed by atoms with Crippen molar-refractivity contribution in [3.63, 3.8) is 0 Å². The highest BCUT2D eigenvalue weighted by molar-refractivity contribution is 6.06. The predicted octanol–water partition coefficient (Wildman–Crippen LogP) is 2.28. The van der Waals surface area contributed by atoms with Gasteiger partial charge in [0.1, 0.15) is 16.8 Å². The number of hydrogen-bond acceptors (Lipinski definition) is 7. The number of aromatic nitrogens is 1. The smallest absolute Gasteiger partial charge is 0.343 e. The molecule has 7 heteroatoms. The van der Waals surface area contributed by atoms with Crippen LogP contribution >= 0.6 is 0 Å². The van der Waals surface area contributed by atoms with E-state index in [-0.39, 0.29) is 16.9 Å². The molecule has 1 aromatic rings. The molecule has 0 saturated carbocycles. The number of pyridine rings is 1. The molecular weight excluding hydrogens is 286 g/mol. The van der Waals surface area contributed by atoms with Gasteiger partial charge in [0.05, 0.1) is 5.56 Å². The van der Waals surface area contributed by atoms with Gasteiger partial charge in [-0.25, -0.2) is 20.4 Å². The normalized spacial score (nSPS) is 11.8. The average Bonchev–Trinajstić information content (AvgIpc) is 2.33. The second-order valence-electron chi connectivity index (χ2n) is 6.73. The van der Waals surface area contributed by atoms with E-state index in [2.05, 4.69) is 10.4 Å². The Kier molecular flexibility index (Phi) is 5.13. The molecule has 0 fully saturated rings. The summed E-state index contributed by atoms with van der Waals surface area (Å²) in [6.45, 7) is 10.4. The molecule has 1 aromatic heterocycles. The van der Waals surface area contributed by atoms with Crippen LogP contribution in [0.25, 0.3) is 0 Å². The molecule has 7 nitrogen and oxygen atoms in total. The minimum Gasteiger partial charge on any atom is -0.456 e. The van der Waals surface area contributed by atoms with Gasteiger partial charge in [-0.05, 0) is 47.6 Å². The largest absolute Gasteiger partial charge is 0.456 e. The van der Waals surface area contributed by atoms with E-state index in [1.807, 2.05) is 0 Å². The summed E-state index contributed by atoms with van der Waals surface area (Å²) in [7, 11) is 0. The van der Waals surface area contributed by atoms with Gasteiger partial charge in [-0.1, -0.05) is 0 Å². The van der Waals surface area contributed by atoms with Crippen LogP contribution in [0.15, 0.2) is 12.3 Å². The maximum absolute atomic E-state index is 12.4. The Bertz CT molecular complexity index is 571. The van der Waals surface area contributed by atoms with E-state index >= 15 is 0 Å². The summed E-state index contributed by atoms with van der Waals surface area (Å²) >= 11 is 0. The van der Waals surface area contributed by atoms with Gasteiger partial charge in [-0.15, -0.1) is 0 Å². The van der Waals surface area contributed by atoms with Gasteiger partial charge in [-0.2, -0.15) is 0 Å². The monoisotopic (exact) mass is 309 g/mol. The Labute approximate surface area is 130 Å². The van der Waals surface area contributed by atoms with Gasteiger partial charge in [0.25, 0.3) is 0 Å². The zero-order valence-electron chi connectivity index (χ0n) is 13.8. The molecule has 22 heavy (non-hydrogen) atoms. The second-order valence-corrected chi connectivity index (χ2v) is 6.73. The van der Waals surface area contributed by atoms with Crippen LogP contribution in [0.4, 0.5) is 5.82 Å². The number of ether oxygens (including phenoxy) is 2. The number of nitrogens with one attached hydrogen (secondary N) is 1. The Hall–Kier alpha value is -2.15. The van der Waals surface area contributed by atoms with E-state index in [1.54, 1.807) is 41.5 Å². The number of carbonyl (C=O) groups is 2. The fraction of sp³-hybridized carbons (Fsp3) is 0.533. The fourth-order valence-corrected chi connectivity index (χ4v) is 1.61. The van der Waals surface area contributed by atoms with E-state index in [0.29, 0.717) is 0 Å². The van der Waals surface area contributed by atoms with E-state index in [9.17, 15) is 9.59 Å². The van der Waals surface area contributed by atoms with Gasteiger partial charge < -0.3 is 14.9 Å². The minimum atomic E-state index is -0.718. The molecule has 0 radical (unpaired) electrons. The standard InChI is InChI=1S/C15H23N3O4/c1-14(2,3)21-12(19)9-7-8-17-11(18-16)10(9)13(20)22-15(4,5)6/h7-8H,16H2,1-6H3,(H,17,18). The van der Waals surface area contributed by atoms with Crippen molar-refractivity contribution in [2.75, 3.05) is 5.43 Å². The van der Waals surface area contributed by atoms with Crippen molar-refractivity contribution < 1.29 is 19.1 Å². The lowest BCUT2D eigenvalue weighted by Crippen LogP contribution is -2.29. The van der Waals surface area contributed by atoms with Crippen LogP contribution in [-0.4, -0.2) is 28.1 Å². The number of carbonyl (C=O) groups excluding carboxylic acids is 2. The number of esters is 2. The van der Waals surface area contributed by atoms with Crippen LogP contribution in [-0.2, 0) is 9.47 Å². The van der Waals surface area contributed by atoms with Gasteiger partial charge in [0, 0.05) is 6.20 Å². The summed E-state index contributed by atoms with van der Waals surface area (Å²) in [5, 5.41) is 0. The molecule has 0 aliphatic carbocycles. The van der Waals surface area contributed by atoms with Crippen LogP contribution in [0.1, 0.15) is 62.3 Å². The number of hydrogen-bond donors (Lipinski definition) is 2. The molecule has 1 rings (SSSR count). The zero-order chi connectivity index (χ0) is 17.1. The van der Waals surface area contributed by atoms with E-state index in [0.717, 1.165) is 0 Å². The second kappa shape index (κ2) is 6.31. The quantitative estimate of drug-likeness (QED) is 0.501. The average molecular weight is 309 g/mol. The Morgan fingerprint density at radius 2 is 1.55 bits per heavy atom. The van der Waals surface area contributed by atoms with Crippen LogP contribution in [0.3, 0.4) is 0 Å². The first-order valence-electron chi connectivity index (χ1n) is 6.87. The summed E-state index contributed by atoms with van der Waals surface area (Å²) in [6.07, 6.45) is 1.36. The van der Waals surface area contributed by atoms with Crippen LogP contribution in [0.5, 0.6) is 0 Å². The highest BCUT2D eigenvalue weighted by Crippen LogP contribution is 2.23. The lowest BCUT2D eigenvalue weighted by atomic mass is 10.1. The van der Waals surface area contributed by atoms with Gasteiger partial charge in [0.2, 0.25) is 0 Å². The fourth-order valence-electron chi connectivity index (χ4n) is 1.61. The first-order chi connectivity index (χ1) is 9.94. The number of nitrogens with zero attached hydrogens (tertiary/aromatic N) is 1. The topological polar surface area (TPSA) is 104 Å². The van der Waals surface area contributed by atoms with Crippen molar-refractivity contribution in [1.29, 1.82) is 0 Å². The van der Waals surface area contributed by atoms with Gasteiger partial charge >= 0.3 is 11.9 Å². The number of nitrogens with two attached hydrogens (primary N) is 1. The van der Waals surface area contributed by atoms with Crippen LogP contribution in [0, 0.1) is 0 Å². The first kappa shape index (κ1) is 17.9. The number of hydrazine groups is 1. The van der Waals surface area contributed by atoms with E-state index in [4.69, 9.17) is 15.3 Å². The summed E-state index contributed by atoms with van der Waals surface area (Å²) in [5.41, 5.74) is 0.891. The number of nitrogen functional groups attached to an aromatic ring is 1. The Balaban J connectivity index is 3.29. The lowest BCUT2D eigenvalue weighted by Gasteiger charge is -2.23. The van der Waals surface area contributed by atoms with Crippen LogP contribution in [0.2, 0.25) is 0 Å². The zero-order valence-corrected chi connectivity index (χ0v) is 13.8. The Morgan fingerprint density at radius 3 is 2.00 bits per heavy atom.